The minimum atomic E-state index is 0.0627. The van der Waals surface area contributed by atoms with Gasteiger partial charge in [0.15, 0.2) is 0 Å². The van der Waals surface area contributed by atoms with Crippen LogP contribution in [0.2, 0.25) is 0 Å². The van der Waals surface area contributed by atoms with Gasteiger partial charge in [-0.25, -0.2) is 4.98 Å². The number of anilines is 1. The number of rotatable bonds is 3. The minimum Gasteiger partial charge on any atom is -0.311 e. The van der Waals surface area contributed by atoms with Crippen molar-refractivity contribution in [1.29, 1.82) is 0 Å². The van der Waals surface area contributed by atoms with E-state index in [1.54, 1.807) is 21.7 Å². The highest BCUT2D eigenvalue weighted by molar-refractivity contribution is 9.10. The maximum absolute atomic E-state index is 12.1. The molecule has 1 aliphatic heterocycles. The molecule has 0 N–H and O–H groups in total. The van der Waals surface area contributed by atoms with Crippen molar-refractivity contribution in [2.75, 3.05) is 18.0 Å². The summed E-state index contributed by atoms with van der Waals surface area (Å²) in [4.78, 5) is 20.9. The van der Waals surface area contributed by atoms with Gasteiger partial charge in [0.2, 0.25) is 5.91 Å². The van der Waals surface area contributed by atoms with Crippen molar-refractivity contribution in [3.05, 3.63) is 32.6 Å². The van der Waals surface area contributed by atoms with Crippen molar-refractivity contribution < 1.29 is 4.79 Å². The lowest BCUT2D eigenvalue weighted by atomic mass is 10.1. The van der Waals surface area contributed by atoms with E-state index in [1.807, 2.05) is 12.1 Å². The quantitative estimate of drug-likeness (QED) is 0.479. The van der Waals surface area contributed by atoms with Crippen LogP contribution in [0.15, 0.2) is 27.2 Å². The van der Waals surface area contributed by atoms with E-state index in [9.17, 15) is 4.79 Å². The molecule has 1 amide bonds. The Balaban J connectivity index is 1.92. The van der Waals surface area contributed by atoms with Gasteiger partial charge in [0.05, 0.1) is 25.9 Å². The number of nitrogens with zero attached hydrogens (tertiary/aromatic N) is 5. The summed E-state index contributed by atoms with van der Waals surface area (Å²) in [5.74, 6) is 0.148. The molecule has 1 unspecified atom stereocenters. The van der Waals surface area contributed by atoms with E-state index in [4.69, 9.17) is 5.53 Å². The van der Waals surface area contributed by atoms with Crippen LogP contribution in [0.1, 0.15) is 6.42 Å². The van der Waals surface area contributed by atoms with Crippen molar-refractivity contribution in [3.63, 3.8) is 0 Å². The topological polar surface area (TPSA) is 82.0 Å². The van der Waals surface area contributed by atoms with E-state index in [-0.39, 0.29) is 11.8 Å². The third-order valence-corrected chi connectivity index (χ3v) is 5.24. The Kier molecular flexibility index (Phi) is 3.60. The molecule has 1 aromatic carbocycles. The molecule has 3 rings (SSSR count). The van der Waals surface area contributed by atoms with Crippen LogP contribution in [0.25, 0.3) is 20.7 Å². The highest BCUT2D eigenvalue weighted by Gasteiger charge is 2.31. The number of azide groups is 1. The SMILES string of the molecule is [N-]=[N+]=NCC1CC(=O)N(c2ccc3ncsc3c2Br)C1. The van der Waals surface area contributed by atoms with E-state index in [1.165, 1.54) is 0 Å². The molecule has 2 aromatic rings. The summed E-state index contributed by atoms with van der Waals surface area (Å²) in [5, 5.41) is 3.56. The number of halogens is 1. The normalized spacial score (nSPS) is 18.6. The monoisotopic (exact) mass is 351 g/mol. The zero-order chi connectivity index (χ0) is 14.1. The van der Waals surface area contributed by atoms with E-state index in [2.05, 4.69) is 30.9 Å². The number of aromatic nitrogens is 1. The molecule has 1 aromatic heterocycles. The molecule has 0 aliphatic carbocycles. The highest BCUT2D eigenvalue weighted by atomic mass is 79.9. The van der Waals surface area contributed by atoms with E-state index < -0.39 is 0 Å². The number of amides is 1. The predicted molar refractivity (Wildman–Crippen MR) is 81.8 cm³/mol. The molecule has 6 nitrogen and oxygen atoms in total. The molecule has 2 heterocycles. The number of thiazole rings is 1. The van der Waals surface area contributed by atoms with Crippen LogP contribution in [-0.4, -0.2) is 24.0 Å². The number of hydrogen-bond donors (Lipinski definition) is 0. The maximum Gasteiger partial charge on any atom is 0.227 e. The molecule has 1 aliphatic rings. The van der Waals surface area contributed by atoms with Gasteiger partial charge in [-0.15, -0.1) is 11.3 Å². The maximum atomic E-state index is 12.1. The molecule has 1 atom stereocenters. The van der Waals surface area contributed by atoms with Crippen molar-refractivity contribution in [2.24, 2.45) is 11.0 Å². The molecule has 8 heteroatoms. The summed E-state index contributed by atoms with van der Waals surface area (Å²) in [5.41, 5.74) is 11.9. The molecule has 0 bridgehead atoms. The first-order valence-corrected chi connectivity index (χ1v) is 7.71. The zero-order valence-corrected chi connectivity index (χ0v) is 12.8. The number of carbonyl (C=O) groups is 1. The summed E-state index contributed by atoms with van der Waals surface area (Å²) in [6.45, 7) is 0.944. The van der Waals surface area contributed by atoms with Gasteiger partial charge in [0.1, 0.15) is 0 Å². The molecule has 1 saturated heterocycles. The van der Waals surface area contributed by atoms with Gasteiger partial charge in [-0.2, -0.15) is 0 Å². The first kappa shape index (κ1) is 13.4. The Labute approximate surface area is 127 Å². The fraction of sp³-hybridized carbons (Fsp3) is 0.333. The smallest absolute Gasteiger partial charge is 0.227 e. The number of carbonyl (C=O) groups excluding carboxylic acids is 1. The number of benzene rings is 1. The first-order chi connectivity index (χ1) is 9.70. The number of fused-ring (bicyclic) bond motifs is 1. The van der Waals surface area contributed by atoms with Gasteiger partial charge < -0.3 is 4.90 Å². The molecule has 0 spiro atoms. The van der Waals surface area contributed by atoms with E-state index >= 15 is 0 Å². The minimum absolute atomic E-state index is 0.0627. The van der Waals surface area contributed by atoms with Gasteiger partial charge in [0.25, 0.3) is 0 Å². The Bertz CT molecular complexity index is 724. The van der Waals surface area contributed by atoms with Gasteiger partial charge in [0, 0.05) is 24.4 Å². The van der Waals surface area contributed by atoms with Gasteiger partial charge in [-0.05, 0) is 39.5 Å². The van der Waals surface area contributed by atoms with Crippen LogP contribution in [0.3, 0.4) is 0 Å². The summed E-state index contributed by atoms with van der Waals surface area (Å²) in [7, 11) is 0. The fourth-order valence-electron chi connectivity index (χ4n) is 2.38. The van der Waals surface area contributed by atoms with Crippen LogP contribution in [0, 0.1) is 5.92 Å². The lowest BCUT2D eigenvalue weighted by Gasteiger charge is -2.18. The standard InChI is InChI=1S/C12H10BrN5OS/c13-11-9(2-1-8-12(11)20-6-15-8)18-5-7(3-10(18)19)4-16-17-14/h1-2,6-7H,3-5H2. The van der Waals surface area contributed by atoms with Crippen LogP contribution in [0.5, 0.6) is 0 Å². The van der Waals surface area contributed by atoms with Crippen LogP contribution in [0.4, 0.5) is 5.69 Å². The van der Waals surface area contributed by atoms with Gasteiger partial charge in [-0.3, -0.25) is 4.79 Å². The Morgan fingerprint density at radius 2 is 2.45 bits per heavy atom. The van der Waals surface area contributed by atoms with Crippen molar-refractivity contribution in [2.45, 2.75) is 6.42 Å². The Morgan fingerprint density at radius 1 is 1.60 bits per heavy atom. The predicted octanol–water partition coefficient (Wildman–Crippen LogP) is 3.72. The third-order valence-electron chi connectivity index (χ3n) is 3.32. The summed E-state index contributed by atoms with van der Waals surface area (Å²) in [6.07, 6.45) is 0.423. The van der Waals surface area contributed by atoms with Crippen LogP contribution in [-0.2, 0) is 4.79 Å². The van der Waals surface area contributed by atoms with Crippen molar-refractivity contribution in [1.82, 2.24) is 4.98 Å². The van der Waals surface area contributed by atoms with E-state index in [0.29, 0.717) is 19.5 Å². The highest BCUT2D eigenvalue weighted by Crippen LogP contribution is 2.38. The van der Waals surface area contributed by atoms with Crippen LogP contribution < -0.4 is 4.90 Å². The van der Waals surface area contributed by atoms with E-state index in [0.717, 1.165) is 20.4 Å². The van der Waals surface area contributed by atoms with Crippen molar-refractivity contribution in [3.8, 4) is 0 Å². The summed E-state index contributed by atoms with van der Waals surface area (Å²) < 4.78 is 1.93. The molecule has 0 saturated carbocycles. The largest absolute Gasteiger partial charge is 0.311 e. The second-order valence-corrected chi connectivity index (χ2v) is 6.23. The molecule has 1 fully saturated rings. The average Bonchev–Trinajstić information content (AvgIpc) is 3.04. The fourth-order valence-corrected chi connectivity index (χ4v) is 3.93. The summed E-state index contributed by atoms with van der Waals surface area (Å²) >= 11 is 5.11. The molecular weight excluding hydrogens is 342 g/mol. The van der Waals surface area contributed by atoms with Gasteiger partial charge in [-0.1, -0.05) is 5.11 Å². The first-order valence-electron chi connectivity index (χ1n) is 6.03. The molecule has 0 radical (unpaired) electrons. The van der Waals surface area contributed by atoms with Crippen LogP contribution >= 0.6 is 27.3 Å². The molecular formula is C12H10BrN5OS. The second-order valence-electron chi connectivity index (χ2n) is 4.59. The zero-order valence-electron chi connectivity index (χ0n) is 10.4. The average molecular weight is 352 g/mol. The number of hydrogen-bond acceptors (Lipinski definition) is 4. The lowest BCUT2D eigenvalue weighted by molar-refractivity contribution is -0.117. The molecule has 20 heavy (non-hydrogen) atoms. The summed E-state index contributed by atoms with van der Waals surface area (Å²) in [6, 6.07) is 3.82. The third kappa shape index (κ3) is 2.26. The van der Waals surface area contributed by atoms with Gasteiger partial charge >= 0.3 is 0 Å². The Hall–Kier alpha value is -1.63. The lowest BCUT2D eigenvalue weighted by Crippen LogP contribution is -2.25. The Morgan fingerprint density at radius 3 is 3.25 bits per heavy atom. The van der Waals surface area contributed by atoms with Crippen molar-refractivity contribution >= 4 is 49.1 Å². The second kappa shape index (κ2) is 5.40. The molecule has 102 valence electrons.